The monoisotopic (exact) mass is 364 g/mol. The maximum absolute atomic E-state index is 12.1. The van der Waals surface area contributed by atoms with Crippen molar-refractivity contribution in [2.24, 2.45) is 0 Å². The van der Waals surface area contributed by atoms with Crippen LogP contribution in [0.3, 0.4) is 0 Å². The second-order valence-electron chi connectivity index (χ2n) is 5.13. The number of methoxy groups -OCH3 is 4. The van der Waals surface area contributed by atoms with Crippen molar-refractivity contribution in [2.45, 2.75) is 13.0 Å². The van der Waals surface area contributed by atoms with Crippen LogP contribution < -0.4 is 14.2 Å². The smallest absolute Gasteiger partial charge is 0.373 e. The Bertz CT molecular complexity index is 752. The molecular weight excluding hydrogens is 344 g/mol. The molecule has 0 aliphatic rings. The molecule has 0 unspecified atom stereocenters. The van der Waals surface area contributed by atoms with Crippen LogP contribution in [0.25, 0.3) is 0 Å². The molecule has 0 N–H and O–H groups in total. The van der Waals surface area contributed by atoms with Crippen molar-refractivity contribution in [1.29, 1.82) is 0 Å². The summed E-state index contributed by atoms with van der Waals surface area (Å²) in [6.07, 6.45) is 0.00127. The van der Waals surface area contributed by atoms with Crippen LogP contribution in [0.1, 0.15) is 21.9 Å². The van der Waals surface area contributed by atoms with E-state index in [1.807, 2.05) is 0 Å². The van der Waals surface area contributed by atoms with Gasteiger partial charge in [-0.15, -0.1) is 0 Å². The predicted octanol–water partition coefficient (Wildman–Crippen LogP) is 2.38. The molecule has 0 saturated carbocycles. The van der Waals surface area contributed by atoms with Crippen LogP contribution in [0, 0.1) is 0 Å². The number of esters is 2. The minimum atomic E-state index is -0.597. The third-order valence-corrected chi connectivity index (χ3v) is 3.50. The largest absolute Gasteiger partial charge is 0.493 e. The number of furan rings is 1. The summed E-state index contributed by atoms with van der Waals surface area (Å²) in [5, 5.41) is 0. The van der Waals surface area contributed by atoms with Crippen molar-refractivity contribution < 1.29 is 37.7 Å². The van der Waals surface area contributed by atoms with Crippen molar-refractivity contribution in [2.75, 3.05) is 28.4 Å². The van der Waals surface area contributed by atoms with Crippen molar-refractivity contribution in [3.63, 3.8) is 0 Å². The molecule has 0 saturated heterocycles. The van der Waals surface area contributed by atoms with Gasteiger partial charge < -0.3 is 28.1 Å². The lowest BCUT2D eigenvalue weighted by Crippen LogP contribution is -2.08. The number of benzene rings is 1. The number of carbonyl (C=O) groups excluding carboxylic acids is 2. The lowest BCUT2D eigenvalue weighted by Gasteiger charge is -2.13. The molecule has 1 aromatic carbocycles. The van der Waals surface area contributed by atoms with Crippen LogP contribution in [-0.2, 0) is 27.3 Å². The van der Waals surface area contributed by atoms with Crippen molar-refractivity contribution >= 4 is 11.9 Å². The third-order valence-electron chi connectivity index (χ3n) is 3.50. The molecule has 0 aliphatic heterocycles. The van der Waals surface area contributed by atoms with Crippen LogP contribution in [0.15, 0.2) is 28.7 Å². The average molecular weight is 364 g/mol. The second-order valence-corrected chi connectivity index (χ2v) is 5.13. The highest BCUT2D eigenvalue weighted by Crippen LogP contribution is 2.38. The zero-order chi connectivity index (χ0) is 19.1. The van der Waals surface area contributed by atoms with Gasteiger partial charge in [0, 0.05) is 0 Å². The van der Waals surface area contributed by atoms with E-state index in [9.17, 15) is 9.59 Å². The highest BCUT2D eigenvalue weighted by molar-refractivity contribution is 5.86. The predicted molar refractivity (Wildman–Crippen MR) is 89.6 cm³/mol. The Morgan fingerprint density at radius 2 is 1.62 bits per heavy atom. The second kappa shape index (κ2) is 8.80. The first-order valence-corrected chi connectivity index (χ1v) is 7.63. The fourth-order valence-electron chi connectivity index (χ4n) is 2.27. The van der Waals surface area contributed by atoms with Gasteiger partial charge in [0.05, 0.1) is 34.9 Å². The topological polar surface area (TPSA) is 93.4 Å². The molecule has 2 aromatic rings. The maximum Gasteiger partial charge on any atom is 0.373 e. The Kier molecular flexibility index (Phi) is 6.48. The summed E-state index contributed by atoms with van der Waals surface area (Å²) in [7, 11) is 5.74. The number of hydrogen-bond acceptors (Lipinski definition) is 8. The number of hydrogen-bond donors (Lipinski definition) is 0. The molecule has 1 aromatic heterocycles. The van der Waals surface area contributed by atoms with Crippen LogP contribution >= 0.6 is 0 Å². The van der Waals surface area contributed by atoms with Gasteiger partial charge in [-0.1, -0.05) is 0 Å². The summed E-state index contributed by atoms with van der Waals surface area (Å²) in [5.74, 6) is 0.645. The summed E-state index contributed by atoms with van der Waals surface area (Å²) >= 11 is 0. The van der Waals surface area contributed by atoms with Crippen molar-refractivity contribution in [1.82, 2.24) is 0 Å². The van der Waals surface area contributed by atoms with Gasteiger partial charge >= 0.3 is 11.9 Å². The normalized spacial score (nSPS) is 10.2. The van der Waals surface area contributed by atoms with Gasteiger partial charge in [-0.05, 0) is 29.8 Å². The first-order valence-electron chi connectivity index (χ1n) is 7.63. The number of ether oxygens (including phenoxy) is 5. The molecule has 0 radical (unpaired) electrons. The summed E-state index contributed by atoms with van der Waals surface area (Å²) < 4.78 is 30.7. The van der Waals surface area contributed by atoms with E-state index >= 15 is 0 Å². The molecule has 0 spiro atoms. The Labute approximate surface area is 150 Å². The molecule has 0 aliphatic carbocycles. The molecule has 0 bridgehead atoms. The molecule has 0 atom stereocenters. The Hall–Kier alpha value is -3.16. The summed E-state index contributed by atoms with van der Waals surface area (Å²) in [6.45, 7) is -0.0970. The lowest BCUT2D eigenvalue weighted by molar-refractivity contribution is -0.144. The molecule has 0 amide bonds. The Morgan fingerprint density at radius 3 is 2.15 bits per heavy atom. The van der Waals surface area contributed by atoms with Crippen LogP contribution in [0.4, 0.5) is 0 Å². The summed E-state index contributed by atoms with van der Waals surface area (Å²) in [6, 6.07) is 6.34. The van der Waals surface area contributed by atoms with Crippen molar-refractivity contribution in [3.8, 4) is 17.2 Å². The fourth-order valence-corrected chi connectivity index (χ4v) is 2.27. The van der Waals surface area contributed by atoms with E-state index in [0.29, 0.717) is 28.6 Å². The van der Waals surface area contributed by atoms with E-state index in [1.165, 1.54) is 34.5 Å². The standard InChI is InChI=1S/C18H20O8/c1-21-14-7-11(8-15(22-2)17(14)23-3)9-16(19)25-10-12-5-6-13(26-12)18(20)24-4/h5-8H,9-10H2,1-4H3. The molecule has 26 heavy (non-hydrogen) atoms. The highest BCUT2D eigenvalue weighted by Gasteiger charge is 2.16. The minimum absolute atomic E-state index is 0.00127. The molecular formula is C18H20O8. The number of carbonyl (C=O) groups is 2. The first-order chi connectivity index (χ1) is 12.5. The SMILES string of the molecule is COC(=O)c1ccc(COC(=O)Cc2cc(OC)c(OC)c(OC)c2)o1. The van der Waals surface area contributed by atoms with Crippen LogP contribution in [-0.4, -0.2) is 40.4 Å². The van der Waals surface area contributed by atoms with Gasteiger partial charge in [0.1, 0.15) is 12.4 Å². The Morgan fingerprint density at radius 1 is 0.962 bits per heavy atom. The summed E-state index contributed by atoms with van der Waals surface area (Å²) in [5.41, 5.74) is 0.638. The van der Waals surface area contributed by atoms with Gasteiger partial charge in [-0.2, -0.15) is 0 Å². The summed E-state index contributed by atoms with van der Waals surface area (Å²) in [4.78, 5) is 23.4. The Balaban J connectivity index is 2.01. The first kappa shape index (κ1) is 19.2. The molecule has 8 nitrogen and oxygen atoms in total. The molecule has 2 rings (SSSR count). The maximum atomic E-state index is 12.1. The third kappa shape index (κ3) is 4.47. The van der Waals surface area contributed by atoms with Gasteiger partial charge in [0.2, 0.25) is 11.5 Å². The van der Waals surface area contributed by atoms with E-state index in [2.05, 4.69) is 4.74 Å². The van der Waals surface area contributed by atoms with Gasteiger partial charge in [-0.25, -0.2) is 4.79 Å². The molecule has 1 heterocycles. The van der Waals surface area contributed by atoms with E-state index in [4.69, 9.17) is 23.4 Å². The number of rotatable bonds is 8. The van der Waals surface area contributed by atoms with E-state index in [-0.39, 0.29) is 18.8 Å². The van der Waals surface area contributed by atoms with Crippen LogP contribution in [0.2, 0.25) is 0 Å². The van der Waals surface area contributed by atoms with Gasteiger partial charge in [0.15, 0.2) is 11.5 Å². The van der Waals surface area contributed by atoms with Crippen molar-refractivity contribution in [3.05, 3.63) is 41.3 Å². The fraction of sp³-hybridized carbons (Fsp3) is 0.333. The molecule has 140 valence electrons. The van der Waals surface area contributed by atoms with Gasteiger partial charge in [0.25, 0.3) is 0 Å². The van der Waals surface area contributed by atoms with E-state index < -0.39 is 11.9 Å². The molecule has 8 heteroatoms. The molecule has 0 fully saturated rings. The lowest BCUT2D eigenvalue weighted by atomic mass is 10.1. The van der Waals surface area contributed by atoms with Crippen LogP contribution in [0.5, 0.6) is 17.2 Å². The minimum Gasteiger partial charge on any atom is -0.493 e. The average Bonchev–Trinajstić information content (AvgIpc) is 3.13. The van der Waals surface area contributed by atoms with E-state index in [1.54, 1.807) is 18.2 Å². The highest BCUT2D eigenvalue weighted by atomic mass is 16.6. The van der Waals surface area contributed by atoms with Gasteiger partial charge in [-0.3, -0.25) is 4.79 Å². The van der Waals surface area contributed by atoms with E-state index in [0.717, 1.165) is 0 Å². The zero-order valence-corrected chi connectivity index (χ0v) is 15.0. The quantitative estimate of drug-likeness (QED) is 0.659. The zero-order valence-electron chi connectivity index (χ0n) is 15.0.